The van der Waals surface area contributed by atoms with Gasteiger partial charge in [-0.3, -0.25) is 9.69 Å². The molecule has 8 heteroatoms. The molecule has 5 rings (SSSR count). The Morgan fingerprint density at radius 2 is 1.73 bits per heavy atom. The molecule has 3 aliphatic heterocycles. The first-order valence-corrected chi connectivity index (χ1v) is 11.5. The molecule has 0 aliphatic carbocycles. The highest BCUT2D eigenvalue weighted by Crippen LogP contribution is 2.32. The van der Waals surface area contributed by atoms with E-state index in [0.717, 1.165) is 12.0 Å². The first-order chi connectivity index (χ1) is 16.0. The molecule has 0 unspecified atom stereocenters. The third kappa shape index (κ3) is 4.58. The summed E-state index contributed by atoms with van der Waals surface area (Å²) >= 11 is 0. The van der Waals surface area contributed by atoms with E-state index in [9.17, 15) is 14.0 Å². The van der Waals surface area contributed by atoms with Crippen LogP contribution >= 0.6 is 0 Å². The number of benzene rings is 2. The summed E-state index contributed by atoms with van der Waals surface area (Å²) in [6.45, 7) is 3.92. The van der Waals surface area contributed by atoms with Crippen LogP contribution in [0.3, 0.4) is 0 Å². The van der Waals surface area contributed by atoms with Gasteiger partial charge >= 0.3 is 6.03 Å². The number of carbonyl (C=O) groups is 2. The Morgan fingerprint density at radius 1 is 0.970 bits per heavy atom. The van der Waals surface area contributed by atoms with E-state index in [2.05, 4.69) is 0 Å². The lowest BCUT2D eigenvalue weighted by Gasteiger charge is -2.38. The molecule has 0 bridgehead atoms. The van der Waals surface area contributed by atoms with Gasteiger partial charge in [0.05, 0.1) is 13.2 Å². The number of hydrogen-bond donors (Lipinski definition) is 0. The van der Waals surface area contributed by atoms with Crippen LogP contribution in [0.1, 0.15) is 35.2 Å². The molecule has 2 aromatic carbocycles. The predicted octanol–water partition coefficient (Wildman–Crippen LogP) is 3.64. The second kappa shape index (κ2) is 9.11. The lowest BCUT2D eigenvalue weighted by molar-refractivity contribution is -0.181. The third-order valence-corrected chi connectivity index (χ3v) is 6.60. The summed E-state index contributed by atoms with van der Waals surface area (Å²) in [6.07, 6.45) is 2.13. The van der Waals surface area contributed by atoms with Crippen LogP contribution in [-0.2, 0) is 16.0 Å². The van der Waals surface area contributed by atoms with Gasteiger partial charge in [-0.15, -0.1) is 0 Å². The second-order valence-corrected chi connectivity index (χ2v) is 8.79. The molecular formula is C25H28FN3O4. The normalized spacial score (nSPS) is 20.5. The number of piperidine rings is 1. The molecule has 0 saturated carbocycles. The number of rotatable bonds is 4. The second-order valence-electron chi connectivity index (χ2n) is 8.79. The number of anilines is 1. The van der Waals surface area contributed by atoms with Gasteiger partial charge in [-0.2, -0.15) is 0 Å². The van der Waals surface area contributed by atoms with Crippen LogP contribution in [-0.4, -0.2) is 66.9 Å². The zero-order valence-corrected chi connectivity index (χ0v) is 18.5. The van der Waals surface area contributed by atoms with Gasteiger partial charge in [0.1, 0.15) is 5.82 Å². The number of carbonyl (C=O) groups excluding carboxylic acids is 2. The Balaban J connectivity index is 1.27. The first-order valence-electron chi connectivity index (χ1n) is 11.5. The van der Waals surface area contributed by atoms with Gasteiger partial charge in [0.2, 0.25) is 0 Å². The van der Waals surface area contributed by atoms with E-state index in [1.54, 1.807) is 28.0 Å². The van der Waals surface area contributed by atoms with Crippen molar-refractivity contribution in [2.75, 3.05) is 44.3 Å². The molecule has 0 aromatic heterocycles. The molecule has 3 fully saturated rings. The molecule has 3 amide bonds. The Labute approximate surface area is 192 Å². The van der Waals surface area contributed by atoms with E-state index in [1.807, 2.05) is 23.1 Å². The maximum atomic E-state index is 13.6. The van der Waals surface area contributed by atoms with Crippen molar-refractivity contribution >= 4 is 17.6 Å². The Hall–Kier alpha value is -2.97. The van der Waals surface area contributed by atoms with Crippen LogP contribution in [0.4, 0.5) is 14.9 Å². The summed E-state index contributed by atoms with van der Waals surface area (Å²) in [4.78, 5) is 31.6. The smallest absolute Gasteiger partial charge is 0.324 e. The predicted molar refractivity (Wildman–Crippen MR) is 120 cm³/mol. The van der Waals surface area contributed by atoms with Gasteiger partial charge in [-0.1, -0.05) is 18.2 Å². The van der Waals surface area contributed by atoms with Crippen LogP contribution in [0, 0.1) is 5.82 Å². The minimum atomic E-state index is -0.524. The van der Waals surface area contributed by atoms with Crippen molar-refractivity contribution < 1.29 is 23.5 Å². The summed E-state index contributed by atoms with van der Waals surface area (Å²) in [7, 11) is 0. The van der Waals surface area contributed by atoms with E-state index >= 15 is 0 Å². The number of urea groups is 1. The van der Waals surface area contributed by atoms with E-state index in [1.165, 1.54) is 12.1 Å². The SMILES string of the molecule is O=C(c1cccc(N2CCCN(Cc3cccc(F)c3)C2=O)c1)N1CCC2(CC1)OCCO2. The molecule has 3 aliphatic rings. The molecule has 33 heavy (non-hydrogen) atoms. The van der Waals surface area contributed by atoms with Gasteiger partial charge in [-0.05, 0) is 42.3 Å². The average Bonchev–Trinajstić information content (AvgIpc) is 3.28. The minimum Gasteiger partial charge on any atom is -0.347 e. The summed E-state index contributed by atoms with van der Waals surface area (Å²) in [6, 6.07) is 13.4. The molecule has 3 heterocycles. The molecule has 0 radical (unpaired) electrons. The zero-order valence-electron chi connectivity index (χ0n) is 18.5. The number of ether oxygens (including phenoxy) is 2. The molecule has 0 N–H and O–H groups in total. The fourth-order valence-electron chi connectivity index (χ4n) is 4.85. The number of hydrogen-bond acceptors (Lipinski definition) is 4. The van der Waals surface area contributed by atoms with E-state index in [4.69, 9.17) is 9.47 Å². The standard InChI is InChI=1S/C25H28FN3O4/c26-21-6-1-4-19(16-21)18-28-10-3-11-29(24(28)31)22-7-2-5-20(17-22)23(30)27-12-8-25(9-13-27)32-14-15-33-25/h1-2,4-7,16-17H,3,8-15,18H2. The molecular weight excluding hydrogens is 425 g/mol. The first kappa shape index (κ1) is 21.9. The highest BCUT2D eigenvalue weighted by molar-refractivity contribution is 5.98. The van der Waals surface area contributed by atoms with Crippen molar-refractivity contribution in [1.82, 2.24) is 9.80 Å². The molecule has 1 spiro atoms. The minimum absolute atomic E-state index is 0.0502. The largest absolute Gasteiger partial charge is 0.347 e. The monoisotopic (exact) mass is 453 g/mol. The summed E-state index contributed by atoms with van der Waals surface area (Å²) < 4.78 is 25.1. The highest BCUT2D eigenvalue weighted by Gasteiger charge is 2.41. The lowest BCUT2D eigenvalue weighted by Crippen LogP contribution is -2.49. The van der Waals surface area contributed by atoms with Crippen molar-refractivity contribution in [3.05, 3.63) is 65.5 Å². The molecule has 0 atom stereocenters. The Morgan fingerprint density at radius 3 is 2.48 bits per heavy atom. The van der Waals surface area contributed by atoms with Crippen molar-refractivity contribution in [1.29, 1.82) is 0 Å². The Kier molecular flexibility index (Phi) is 6.03. The van der Waals surface area contributed by atoms with Crippen molar-refractivity contribution in [2.24, 2.45) is 0 Å². The van der Waals surface area contributed by atoms with Crippen LogP contribution in [0.15, 0.2) is 48.5 Å². The van der Waals surface area contributed by atoms with Crippen LogP contribution < -0.4 is 4.90 Å². The fraction of sp³-hybridized carbons (Fsp3) is 0.440. The molecule has 3 saturated heterocycles. The van der Waals surface area contributed by atoms with Gasteiger partial charge in [0.25, 0.3) is 5.91 Å². The van der Waals surface area contributed by atoms with Crippen LogP contribution in [0.2, 0.25) is 0 Å². The van der Waals surface area contributed by atoms with Crippen molar-refractivity contribution in [3.63, 3.8) is 0 Å². The summed E-state index contributed by atoms with van der Waals surface area (Å²) in [5.41, 5.74) is 2.02. The topological polar surface area (TPSA) is 62.3 Å². The van der Waals surface area contributed by atoms with E-state index in [-0.39, 0.29) is 17.8 Å². The van der Waals surface area contributed by atoms with Gasteiger partial charge in [0, 0.05) is 56.8 Å². The zero-order chi connectivity index (χ0) is 22.8. The van der Waals surface area contributed by atoms with Crippen LogP contribution in [0.5, 0.6) is 0 Å². The quantitative estimate of drug-likeness (QED) is 0.709. The molecule has 174 valence electrons. The lowest BCUT2D eigenvalue weighted by atomic mass is 10.0. The number of nitrogens with zero attached hydrogens (tertiary/aromatic N) is 3. The van der Waals surface area contributed by atoms with Crippen LogP contribution in [0.25, 0.3) is 0 Å². The average molecular weight is 454 g/mol. The molecule has 7 nitrogen and oxygen atoms in total. The number of amides is 3. The number of halogens is 1. The maximum Gasteiger partial charge on any atom is 0.324 e. The van der Waals surface area contributed by atoms with Gasteiger partial charge < -0.3 is 19.3 Å². The van der Waals surface area contributed by atoms with E-state index < -0.39 is 5.79 Å². The summed E-state index contributed by atoms with van der Waals surface area (Å²) in [5.74, 6) is -0.884. The maximum absolute atomic E-state index is 13.6. The highest BCUT2D eigenvalue weighted by atomic mass is 19.1. The van der Waals surface area contributed by atoms with Gasteiger partial charge in [-0.25, -0.2) is 9.18 Å². The fourth-order valence-corrected chi connectivity index (χ4v) is 4.85. The molecule has 2 aromatic rings. The van der Waals surface area contributed by atoms with E-state index in [0.29, 0.717) is 70.0 Å². The van der Waals surface area contributed by atoms with Crippen molar-refractivity contribution in [3.8, 4) is 0 Å². The summed E-state index contributed by atoms with van der Waals surface area (Å²) in [5, 5.41) is 0. The number of likely N-dealkylation sites (tertiary alicyclic amines) is 1. The van der Waals surface area contributed by atoms with Gasteiger partial charge in [0.15, 0.2) is 5.79 Å². The Bertz CT molecular complexity index is 1030. The third-order valence-electron chi connectivity index (χ3n) is 6.60. The van der Waals surface area contributed by atoms with Crippen molar-refractivity contribution in [2.45, 2.75) is 31.6 Å².